The molecule has 1 atom stereocenters. The van der Waals surface area contributed by atoms with Crippen molar-refractivity contribution in [1.82, 2.24) is 15.0 Å². The molecule has 4 rings (SSSR count). The molecule has 4 aromatic rings. The van der Waals surface area contributed by atoms with Crippen molar-refractivity contribution in [2.24, 2.45) is 0 Å². The van der Waals surface area contributed by atoms with Gasteiger partial charge in [0.05, 0.1) is 17.6 Å². The van der Waals surface area contributed by atoms with Gasteiger partial charge in [-0.15, -0.1) is 0 Å². The number of carbonyl (C=O) groups is 1. The second kappa shape index (κ2) is 11.9. The van der Waals surface area contributed by atoms with Gasteiger partial charge in [-0.3, -0.25) is 14.9 Å². The molecule has 9 nitrogen and oxygen atoms in total. The van der Waals surface area contributed by atoms with Crippen LogP contribution in [0.25, 0.3) is 11.4 Å². The van der Waals surface area contributed by atoms with Crippen molar-refractivity contribution in [1.29, 1.82) is 0 Å². The normalized spacial score (nSPS) is 11.7. The Morgan fingerprint density at radius 3 is 2.50 bits per heavy atom. The van der Waals surface area contributed by atoms with Crippen LogP contribution < -0.4 is 0 Å². The number of non-ortho nitro benzene ring substituents is 1. The topological polar surface area (TPSA) is 112 Å². The van der Waals surface area contributed by atoms with Crippen LogP contribution in [0.5, 0.6) is 0 Å². The Hall–Kier alpha value is -4.37. The third-order valence-electron chi connectivity index (χ3n) is 5.76. The number of carbonyl (C=O) groups excluding carboxylic acids is 1. The second-order valence-electron chi connectivity index (χ2n) is 8.22. The van der Waals surface area contributed by atoms with E-state index in [0.29, 0.717) is 31.0 Å². The summed E-state index contributed by atoms with van der Waals surface area (Å²) in [7, 11) is 0. The molecular weight excluding hydrogens is 460 g/mol. The molecule has 1 amide bonds. The van der Waals surface area contributed by atoms with E-state index in [1.165, 1.54) is 12.1 Å². The van der Waals surface area contributed by atoms with E-state index in [-0.39, 0.29) is 30.1 Å². The highest BCUT2D eigenvalue weighted by Crippen LogP contribution is 2.23. The Morgan fingerprint density at radius 2 is 1.78 bits per heavy atom. The molecule has 0 aliphatic rings. The summed E-state index contributed by atoms with van der Waals surface area (Å²) < 4.78 is 11.1. The molecule has 3 aromatic carbocycles. The molecule has 1 heterocycles. The number of hydrogen-bond donors (Lipinski definition) is 0. The molecular formula is C27H26N4O5. The smallest absolute Gasteiger partial charge is 0.270 e. The SMILES string of the molecule is CC(c1ccccc1)N(CCc1nc(-c2cccc([N+](=O)[O-])c2)no1)C(=O)COCc1ccccc1. The van der Waals surface area contributed by atoms with Crippen LogP contribution in [0.1, 0.15) is 30.0 Å². The van der Waals surface area contributed by atoms with Gasteiger partial charge in [-0.1, -0.05) is 78.0 Å². The van der Waals surface area contributed by atoms with Crippen LogP contribution in [0.2, 0.25) is 0 Å². The van der Waals surface area contributed by atoms with Gasteiger partial charge in [0.25, 0.3) is 5.69 Å². The Bertz CT molecular complexity index is 1290. The van der Waals surface area contributed by atoms with Crippen molar-refractivity contribution in [3.8, 4) is 11.4 Å². The number of aromatic nitrogens is 2. The van der Waals surface area contributed by atoms with E-state index in [2.05, 4.69) is 10.1 Å². The molecule has 0 radical (unpaired) electrons. The number of amides is 1. The van der Waals surface area contributed by atoms with Crippen LogP contribution in [0, 0.1) is 10.1 Å². The standard InChI is InChI=1S/C27H26N4O5/c1-20(22-11-6-3-7-12-22)30(26(32)19-35-18-21-9-4-2-5-10-21)16-15-25-28-27(29-36-25)23-13-8-14-24(17-23)31(33)34/h2-14,17,20H,15-16,18-19H2,1H3. The Morgan fingerprint density at radius 1 is 1.06 bits per heavy atom. The number of hydrogen-bond acceptors (Lipinski definition) is 7. The van der Waals surface area contributed by atoms with Crippen LogP contribution in [-0.2, 0) is 22.6 Å². The lowest BCUT2D eigenvalue weighted by Gasteiger charge is -2.29. The van der Waals surface area contributed by atoms with Crippen molar-refractivity contribution in [3.05, 3.63) is 112 Å². The maximum absolute atomic E-state index is 13.2. The third kappa shape index (κ3) is 6.39. The van der Waals surface area contributed by atoms with Gasteiger partial charge in [-0.2, -0.15) is 4.98 Å². The van der Waals surface area contributed by atoms with E-state index < -0.39 is 4.92 Å². The van der Waals surface area contributed by atoms with E-state index in [4.69, 9.17) is 9.26 Å². The zero-order valence-electron chi connectivity index (χ0n) is 19.8. The predicted octanol–water partition coefficient (Wildman–Crippen LogP) is 4.99. The predicted molar refractivity (Wildman–Crippen MR) is 133 cm³/mol. The monoisotopic (exact) mass is 486 g/mol. The van der Waals surface area contributed by atoms with E-state index in [0.717, 1.165) is 11.1 Å². The summed E-state index contributed by atoms with van der Waals surface area (Å²) in [6, 6.07) is 25.3. The average molecular weight is 487 g/mol. The second-order valence-corrected chi connectivity index (χ2v) is 8.22. The maximum atomic E-state index is 13.2. The van der Waals surface area contributed by atoms with Gasteiger partial charge in [0.15, 0.2) is 0 Å². The van der Waals surface area contributed by atoms with Crippen LogP contribution in [0.4, 0.5) is 5.69 Å². The highest BCUT2D eigenvalue weighted by molar-refractivity contribution is 5.78. The number of nitro groups is 1. The summed E-state index contributed by atoms with van der Waals surface area (Å²) >= 11 is 0. The Kier molecular flexibility index (Phi) is 8.15. The number of rotatable bonds is 11. The number of ether oxygens (including phenoxy) is 1. The fourth-order valence-electron chi connectivity index (χ4n) is 3.81. The Balaban J connectivity index is 1.44. The van der Waals surface area contributed by atoms with E-state index in [1.54, 1.807) is 17.0 Å². The van der Waals surface area contributed by atoms with Crippen molar-refractivity contribution in [2.75, 3.05) is 13.2 Å². The first-order chi connectivity index (χ1) is 17.5. The first-order valence-corrected chi connectivity index (χ1v) is 11.5. The molecule has 0 spiro atoms. The molecule has 0 N–H and O–H groups in total. The number of benzene rings is 3. The van der Waals surface area contributed by atoms with Crippen LogP contribution >= 0.6 is 0 Å². The zero-order chi connectivity index (χ0) is 25.3. The van der Waals surface area contributed by atoms with Crippen LogP contribution in [0.3, 0.4) is 0 Å². The lowest BCUT2D eigenvalue weighted by molar-refractivity contribution is -0.384. The highest BCUT2D eigenvalue weighted by atomic mass is 16.6. The molecule has 9 heteroatoms. The fourth-order valence-corrected chi connectivity index (χ4v) is 3.81. The van der Waals surface area contributed by atoms with Crippen molar-refractivity contribution >= 4 is 11.6 Å². The summed E-state index contributed by atoms with van der Waals surface area (Å²) in [5.74, 6) is 0.439. The highest BCUT2D eigenvalue weighted by Gasteiger charge is 2.23. The van der Waals surface area contributed by atoms with E-state index in [9.17, 15) is 14.9 Å². The minimum absolute atomic E-state index is 0.0530. The first kappa shape index (κ1) is 24.7. The van der Waals surface area contributed by atoms with E-state index >= 15 is 0 Å². The number of nitrogens with zero attached hydrogens (tertiary/aromatic N) is 4. The fraction of sp³-hybridized carbons (Fsp3) is 0.222. The van der Waals surface area contributed by atoms with Gasteiger partial charge in [0.2, 0.25) is 17.6 Å². The van der Waals surface area contributed by atoms with Gasteiger partial charge >= 0.3 is 0 Å². The maximum Gasteiger partial charge on any atom is 0.270 e. The molecule has 184 valence electrons. The average Bonchev–Trinajstić information content (AvgIpc) is 3.39. The van der Waals surface area contributed by atoms with Gasteiger partial charge < -0.3 is 14.2 Å². The van der Waals surface area contributed by atoms with Gasteiger partial charge in [-0.05, 0) is 18.1 Å². The summed E-state index contributed by atoms with van der Waals surface area (Å²) in [6.45, 7) is 2.58. The largest absolute Gasteiger partial charge is 0.367 e. The lowest BCUT2D eigenvalue weighted by Crippen LogP contribution is -2.37. The molecule has 0 bridgehead atoms. The van der Waals surface area contributed by atoms with Crippen molar-refractivity contribution < 1.29 is 19.0 Å². The van der Waals surface area contributed by atoms with Gasteiger partial charge in [-0.25, -0.2) is 0 Å². The summed E-state index contributed by atoms with van der Waals surface area (Å²) in [5, 5.41) is 15.0. The minimum Gasteiger partial charge on any atom is -0.367 e. The minimum atomic E-state index is -0.473. The Labute approximate surface area is 208 Å². The molecule has 0 saturated heterocycles. The molecule has 0 aliphatic heterocycles. The van der Waals surface area contributed by atoms with Gasteiger partial charge in [0.1, 0.15) is 6.61 Å². The third-order valence-corrected chi connectivity index (χ3v) is 5.76. The van der Waals surface area contributed by atoms with Crippen LogP contribution in [-0.4, -0.2) is 39.0 Å². The van der Waals surface area contributed by atoms with Crippen molar-refractivity contribution in [3.63, 3.8) is 0 Å². The quantitative estimate of drug-likeness (QED) is 0.217. The zero-order valence-corrected chi connectivity index (χ0v) is 19.8. The summed E-state index contributed by atoms with van der Waals surface area (Å²) in [5.41, 5.74) is 2.42. The lowest BCUT2D eigenvalue weighted by atomic mass is 10.1. The molecule has 1 unspecified atom stereocenters. The molecule has 0 aliphatic carbocycles. The van der Waals surface area contributed by atoms with Gasteiger partial charge in [0, 0.05) is 30.7 Å². The molecule has 1 aromatic heterocycles. The van der Waals surface area contributed by atoms with Crippen molar-refractivity contribution in [2.45, 2.75) is 26.0 Å². The molecule has 0 saturated carbocycles. The number of nitro benzene ring substituents is 1. The van der Waals surface area contributed by atoms with Crippen LogP contribution in [0.15, 0.2) is 89.5 Å². The van der Waals surface area contributed by atoms with E-state index in [1.807, 2.05) is 67.6 Å². The summed E-state index contributed by atoms with van der Waals surface area (Å²) in [4.78, 5) is 29.9. The summed E-state index contributed by atoms with van der Waals surface area (Å²) in [6.07, 6.45) is 0.323. The molecule has 0 fully saturated rings. The first-order valence-electron chi connectivity index (χ1n) is 11.5. The molecule has 36 heavy (non-hydrogen) atoms.